The minimum atomic E-state index is -4.65. The molecule has 0 aromatic carbocycles. The third-order valence-electron chi connectivity index (χ3n) is 3.94. The first-order chi connectivity index (χ1) is 11.1. The number of nitrogens with one attached hydrogen (secondary N) is 1. The van der Waals surface area contributed by atoms with Crippen molar-refractivity contribution < 1.29 is 18.0 Å². The third-order valence-corrected chi connectivity index (χ3v) is 4.39. The summed E-state index contributed by atoms with van der Waals surface area (Å²) in [6.45, 7) is 10.2. The Morgan fingerprint density at radius 3 is 2.42 bits per heavy atom. The molecule has 0 aliphatic carbocycles. The molecule has 0 spiro atoms. The Labute approximate surface area is 145 Å². The first-order valence-corrected chi connectivity index (χ1v) is 8.33. The Kier molecular flexibility index (Phi) is 7.54. The van der Waals surface area contributed by atoms with Gasteiger partial charge in [-0.2, -0.15) is 18.3 Å². The van der Waals surface area contributed by atoms with E-state index in [1.54, 1.807) is 0 Å². The summed E-state index contributed by atoms with van der Waals surface area (Å²) >= 11 is 5.70. The number of alkyl halides is 3. The topological polar surface area (TPSA) is 50.2 Å². The molecule has 1 aromatic rings. The van der Waals surface area contributed by atoms with Crippen LogP contribution < -0.4 is 5.32 Å². The molecule has 1 heterocycles. The first kappa shape index (κ1) is 20.8. The second kappa shape index (κ2) is 8.71. The SMILES string of the molecule is CCN(CC)CCCNC(=O)C(C)n1nc(C(F)(F)F)c(Cl)c1C. The summed E-state index contributed by atoms with van der Waals surface area (Å²) in [6, 6.07) is -0.868. The van der Waals surface area contributed by atoms with Crippen molar-refractivity contribution in [1.82, 2.24) is 20.0 Å². The molecule has 0 aliphatic rings. The molecule has 0 radical (unpaired) electrons. The van der Waals surface area contributed by atoms with Crippen molar-refractivity contribution in [3.8, 4) is 0 Å². The molecule has 0 fully saturated rings. The van der Waals surface area contributed by atoms with Crippen LogP contribution in [0.5, 0.6) is 0 Å². The van der Waals surface area contributed by atoms with Crippen LogP contribution in [0.25, 0.3) is 0 Å². The molecule has 1 rings (SSSR count). The standard InChI is InChI=1S/C15H24ClF3N4O/c1-5-22(6-2)9-7-8-20-14(24)11(4)23-10(3)12(16)13(21-23)15(17,18)19/h11H,5-9H2,1-4H3,(H,20,24). The van der Waals surface area contributed by atoms with Gasteiger partial charge in [0, 0.05) is 6.54 Å². The summed E-state index contributed by atoms with van der Waals surface area (Å²) in [6.07, 6.45) is -3.88. The van der Waals surface area contributed by atoms with Gasteiger partial charge in [0.1, 0.15) is 6.04 Å². The number of rotatable bonds is 8. The monoisotopic (exact) mass is 368 g/mol. The zero-order valence-corrected chi connectivity index (χ0v) is 15.1. The fourth-order valence-electron chi connectivity index (χ4n) is 2.37. The van der Waals surface area contributed by atoms with Gasteiger partial charge in [-0.1, -0.05) is 25.4 Å². The highest BCUT2D eigenvalue weighted by atomic mass is 35.5. The summed E-state index contributed by atoms with van der Waals surface area (Å²) in [5.41, 5.74) is -1.04. The molecule has 1 unspecified atom stereocenters. The normalized spacial score (nSPS) is 13.4. The predicted octanol–water partition coefficient (Wildman–Crippen LogP) is 3.27. The van der Waals surface area contributed by atoms with Crippen LogP contribution in [0.2, 0.25) is 5.02 Å². The van der Waals surface area contributed by atoms with Crippen LogP contribution in [0, 0.1) is 6.92 Å². The van der Waals surface area contributed by atoms with E-state index in [1.165, 1.54) is 13.8 Å². The Morgan fingerprint density at radius 2 is 1.96 bits per heavy atom. The molecule has 1 atom stereocenters. The average Bonchev–Trinajstić information content (AvgIpc) is 2.82. The fraction of sp³-hybridized carbons (Fsp3) is 0.733. The zero-order chi connectivity index (χ0) is 18.5. The van der Waals surface area contributed by atoms with E-state index >= 15 is 0 Å². The van der Waals surface area contributed by atoms with Crippen molar-refractivity contribution in [1.29, 1.82) is 0 Å². The van der Waals surface area contributed by atoms with Gasteiger partial charge in [0.05, 0.1) is 10.7 Å². The smallest absolute Gasteiger partial charge is 0.354 e. The van der Waals surface area contributed by atoms with E-state index in [4.69, 9.17) is 11.6 Å². The lowest BCUT2D eigenvalue weighted by Crippen LogP contribution is -2.34. The van der Waals surface area contributed by atoms with Crippen molar-refractivity contribution in [2.45, 2.75) is 46.3 Å². The lowest BCUT2D eigenvalue weighted by Gasteiger charge is -2.18. The summed E-state index contributed by atoms with van der Waals surface area (Å²) in [5.74, 6) is -0.384. The molecule has 0 bridgehead atoms. The highest BCUT2D eigenvalue weighted by molar-refractivity contribution is 6.32. The van der Waals surface area contributed by atoms with Gasteiger partial charge in [-0.3, -0.25) is 9.48 Å². The van der Waals surface area contributed by atoms with Crippen LogP contribution in [0.15, 0.2) is 0 Å². The van der Waals surface area contributed by atoms with Crippen LogP contribution in [0.3, 0.4) is 0 Å². The molecule has 1 amide bonds. The Hall–Kier alpha value is -1.28. The fourth-order valence-corrected chi connectivity index (χ4v) is 2.60. The predicted molar refractivity (Wildman–Crippen MR) is 87.1 cm³/mol. The summed E-state index contributed by atoms with van der Waals surface area (Å²) < 4.78 is 39.5. The van der Waals surface area contributed by atoms with Crippen molar-refractivity contribution in [3.05, 3.63) is 16.4 Å². The van der Waals surface area contributed by atoms with Crippen LogP contribution in [-0.2, 0) is 11.0 Å². The Balaban J connectivity index is 2.67. The van der Waals surface area contributed by atoms with E-state index in [-0.39, 0.29) is 11.6 Å². The van der Waals surface area contributed by atoms with Gasteiger partial charge in [0.15, 0.2) is 5.69 Å². The molecule has 138 valence electrons. The lowest BCUT2D eigenvalue weighted by molar-refractivity contribution is -0.141. The second-order valence-electron chi connectivity index (χ2n) is 5.54. The zero-order valence-electron chi connectivity index (χ0n) is 14.4. The number of amides is 1. The van der Waals surface area contributed by atoms with E-state index in [9.17, 15) is 18.0 Å². The molecular weight excluding hydrogens is 345 g/mol. The minimum absolute atomic E-state index is 0.120. The average molecular weight is 369 g/mol. The Bertz CT molecular complexity index is 556. The summed E-state index contributed by atoms with van der Waals surface area (Å²) in [5, 5.41) is 5.73. The van der Waals surface area contributed by atoms with Gasteiger partial charge < -0.3 is 10.2 Å². The molecule has 1 aromatic heterocycles. The number of nitrogens with zero attached hydrogens (tertiary/aromatic N) is 3. The lowest BCUT2D eigenvalue weighted by atomic mass is 10.3. The minimum Gasteiger partial charge on any atom is -0.354 e. The maximum atomic E-state index is 12.8. The van der Waals surface area contributed by atoms with Crippen molar-refractivity contribution in [2.24, 2.45) is 0 Å². The van der Waals surface area contributed by atoms with Crippen molar-refractivity contribution in [3.63, 3.8) is 0 Å². The third kappa shape index (κ3) is 5.11. The van der Waals surface area contributed by atoms with Crippen LogP contribution in [0.4, 0.5) is 13.2 Å². The summed E-state index contributed by atoms with van der Waals surface area (Å²) in [4.78, 5) is 14.4. The second-order valence-corrected chi connectivity index (χ2v) is 5.92. The number of hydrogen-bond acceptors (Lipinski definition) is 3. The maximum absolute atomic E-state index is 12.8. The number of hydrogen-bond donors (Lipinski definition) is 1. The van der Waals surface area contributed by atoms with Gasteiger partial charge in [0.25, 0.3) is 0 Å². The van der Waals surface area contributed by atoms with Gasteiger partial charge >= 0.3 is 6.18 Å². The molecule has 1 N–H and O–H groups in total. The maximum Gasteiger partial charge on any atom is 0.436 e. The van der Waals surface area contributed by atoms with E-state index in [0.717, 1.165) is 30.7 Å². The molecule has 5 nitrogen and oxygen atoms in total. The van der Waals surface area contributed by atoms with Crippen LogP contribution in [0.1, 0.15) is 44.6 Å². The molecule has 24 heavy (non-hydrogen) atoms. The molecule has 0 saturated heterocycles. The Morgan fingerprint density at radius 1 is 1.38 bits per heavy atom. The van der Waals surface area contributed by atoms with Gasteiger partial charge in [-0.25, -0.2) is 0 Å². The van der Waals surface area contributed by atoms with Crippen molar-refractivity contribution >= 4 is 17.5 Å². The first-order valence-electron chi connectivity index (χ1n) is 7.95. The van der Waals surface area contributed by atoms with E-state index < -0.39 is 22.9 Å². The largest absolute Gasteiger partial charge is 0.436 e. The number of carbonyl (C=O) groups is 1. The van der Waals surface area contributed by atoms with Gasteiger partial charge in [0.2, 0.25) is 5.91 Å². The number of carbonyl (C=O) groups excluding carboxylic acids is 1. The van der Waals surface area contributed by atoms with E-state index in [1.807, 2.05) is 0 Å². The van der Waals surface area contributed by atoms with E-state index in [2.05, 4.69) is 29.2 Å². The van der Waals surface area contributed by atoms with Crippen molar-refractivity contribution in [2.75, 3.05) is 26.2 Å². The van der Waals surface area contributed by atoms with Crippen LogP contribution in [-0.4, -0.2) is 46.8 Å². The quantitative estimate of drug-likeness (QED) is 0.716. The summed E-state index contributed by atoms with van der Waals surface area (Å²) in [7, 11) is 0. The van der Waals surface area contributed by atoms with Crippen LogP contribution >= 0.6 is 11.6 Å². The molecular formula is C15H24ClF3N4O. The van der Waals surface area contributed by atoms with Gasteiger partial charge in [-0.15, -0.1) is 0 Å². The highest BCUT2D eigenvalue weighted by Crippen LogP contribution is 2.36. The molecule has 0 saturated carbocycles. The highest BCUT2D eigenvalue weighted by Gasteiger charge is 2.39. The van der Waals surface area contributed by atoms with E-state index in [0.29, 0.717) is 6.54 Å². The number of aromatic nitrogens is 2. The molecule has 0 aliphatic heterocycles. The number of halogens is 4. The van der Waals surface area contributed by atoms with Gasteiger partial charge in [-0.05, 0) is 39.9 Å². The molecule has 9 heteroatoms.